The van der Waals surface area contributed by atoms with Crippen LogP contribution in [0.4, 0.5) is 0 Å². The molecule has 21 heavy (non-hydrogen) atoms. The minimum absolute atomic E-state index is 0.103. The van der Waals surface area contributed by atoms with Gasteiger partial charge in [-0.25, -0.2) is 0 Å². The predicted octanol–water partition coefficient (Wildman–Crippen LogP) is 0.558. The van der Waals surface area contributed by atoms with Gasteiger partial charge in [-0.05, 0) is 33.0 Å². The Morgan fingerprint density at radius 3 is 2.81 bits per heavy atom. The first kappa shape index (κ1) is 15.7. The molecule has 1 aliphatic heterocycles. The maximum absolute atomic E-state index is 12.6. The van der Waals surface area contributed by atoms with Crippen molar-refractivity contribution < 1.29 is 9.53 Å². The molecular formula is C15H23N3O3. The van der Waals surface area contributed by atoms with Crippen LogP contribution in [0.15, 0.2) is 23.0 Å². The van der Waals surface area contributed by atoms with E-state index in [1.54, 1.807) is 17.0 Å². The summed E-state index contributed by atoms with van der Waals surface area (Å²) < 4.78 is 5.62. The molecule has 0 aromatic carbocycles. The van der Waals surface area contributed by atoms with Crippen molar-refractivity contribution in [1.29, 1.82) is 0 Å². The largest absolute Gasteiger partial charge is 0.376 e. The summed E-state index contributed by atoms with van der Waals surface area (Å²) in [7, 11) is 3.94. The number of pyridine rings is 1. The zero-order chi connectivity index (χ0) is 15.2. The van der Waals surface area contributed by atoms with Crippen LogP contribution in [0, 0.1) is 0 Å². The zero-order valence-electron chi connectivity index (χ0n) is 12.7. The monoisotopic (exact) mass is 293 g/mol. The Morgan fingerprint density at radius 1 is 1.38 bits per heavy atom. The molecule has 1 amide bonds. The minimum Gasteiger partial charge on any atom is -0.376 e. The highest BCUT2D eigenvalue weighted by Gasteiger charge is 2.23. The first-order chi connectivity index (χ1) is 10.1. The molecule has 116 valence electrons. The molecule has 0 bridgehead atoms. The molecule has 2 heterocycles. The second-order valence-electron chi connectivity index (χ2n) is 5.62. The van der Waals surface area contributed by atoms with Crippen molar-refractivity contribution in [3.63, 3.8) is 0 Å². The van der Waals surface area contributed by atoms with E-state index in [1.807, 2.05) is 19.0 Å². The van der Waals surface area contributed by atoms with Crippen molar-refractivity contribution in [2.75, 3.05) is 40.3 Å². The van der Waals surface area contributed by atoms with Gasteiger partial charge in [0.15, 0.2) is 0 Å². The predicted molar refractivity (Wildman–Crippen MR) is 80.5 cm³/mol. The lowest BCUT2D eigenvalue weighted by molar-refractivity contribution is 0.0507. The van der Waals surface area contributed by atoms with Crippen molar-refractivity contribution in [2.45, 2.75) is 18.9 Å². The summed E-state index contributed by atoms with van der Waals surface area (Å²) in [6.07, 6.45) is 2.13. The van der Waals surface area contributed by atoms with E-state index in [1.165, 1.54) is 6.07 Å². The second kappa shape index (κ2) is 7.38. The SMILES string of the molecule is CN(C)CCN(CC1CCCO1)C(=O)c1cccc(=O)[nH]1. The van der Waals surface area contributed by atoms with Crippen LogP contribution in [-0.4, -0.2) is 67.1 Å². The van der Waals surface area contributed by atoms with Crippen molar-refractivity contribution in [2.24, 2.45) is 0 Å². The molecule has 0 aliphatic carbocycles. The first-order valence-electron chi connectivity index (χ1n) is 7.31. The van der Waals surface area contributed by atoms with Gasteiger partial charge in [0.2, 0.25) is 5.56 Å². The third-order valence-corrected chi connectivity index (χ3v) is 3.55. The molecule has 1 N–H and O–H groups in total. The van der Waals surface area contributed by atoms with Gasteiger partial charge in [0.1, 0.15) is 5.69 Å². The molecule has 1 atom stereocenters. The highest BCUT2D eigenvalue weighted by molar-refractivity contribution is 5.92. The smallest absolute Gasteiger partial charge is 0.270 e. The lowest BCUT2D eigenvalue weighted by Gasteiger charge is -2.26. The summed E-state index contributed by atoms with van der Waals surface area (Å²) in [5.74, 6) is -0.148. The van der Waals surface area contributed by atoms with Crippen molar-refractivity contribution >= 4 is 5.91 Å². The Balaban J connectivity index is 2.08. The number of hydrogen-bond donors (Lipinski definition) is 1. The Labute approximate surface area is 124 Å². The quantitative estimate of drug-likeness (QED) is 0.832. The molecule has 0 saturated carbocycles. The molecule has 1 fully saturated rings. The number of hydrogen-bond acceptors (Lipinski definition) is 4. The van der Waals surface area contributed by atoms with Crippen molar-refractivity contribution in [1.82, 2.24) is 14.8 Å². The number of aromatic nitrogens is 1. The van der Waals surface area contributed by atoms with Crippen LogP contribution in [-0.2, 0) is 4.74 Å². The number of amides is 1. The Morgan fingerprint density at radius 2 is 2.19 bits per heavy atom. The van der Waals surface area contributed by atoms with Crippen LogP contribution in [0.2, 0.25) is 0 Å². The van der Waals surface area contributed by atoms with E-state index in [0.717, 1.165) is 26.0 Å². The van der Waals surface area contributed by atoms with Crippen LogP contribution in [0.5, 0.6) is 0 Å². The van der Waals surface area contributed by atoms with Gasteiger partial charge in [-0.15, -0.1) is 0 Å². The van der Waals surface area contributed by atoms with E-state index in [9.17, 15) is 9.59 Å². The van der Waals surface area contributed by atoms with Gasteiger partial charge in [-0.2, -0.15) is 0 Å². The summed E-state index contributed by atoms with van der Waals surface area (Å²) in [6.45, 7) is 2.73. The number of nitrogens with zero attached hydrogens (tertiary/aromatic N) is 2. The fourth-order valence-corrected chi connectivity index (χ4v) is 2.37. The van der Waals surface area contributed by atoms with Gasteiger partial charge in [0.25, 0.3) is 5.91 Å². The number of rotatable bonds is 6. The number of ether oxygens (including phenoxy) is 1. The fourth-order valence-electron chi connectivity index (χ4n) is 2.37. The summed E-state index contributed by atoms with van der Waals surface area (Å²) in [4.78, 5) is 30.3. The number of aromatic amines is 1. The maximum Gasteiger partial charge on any atom is 0.270 e. The lowest BCUT2D eigenvalue weighted by Crippen LogP contribution is -2.41. The topological polar surface area (TPSA) is 65.6 Å². The number of carbonyl (C=O) groups excluding carboxylic acids is 1. The number of nitrogens with one attached hydrogen (secondary N) is 1. The maximum atomic E-state index is 12.6. The van der Waals surface area contributed by atoms with E-state index in [2.05, 4.69) is 4.98 Å². The number of H-pyrrole nitrogens is 1. The molecule has 1 aromatic rings. The van der Waals surface area contributed by atoms with E-state index in [0.29, 0.717) is 18.8 Å². The second-order valence-corrected chi connectivity index (χ2v) is 5.62. The molecule has 0 spiro atoms. The summed E-state index contributed by atoms with van der Waals surface area (Å²) in [5.41, 5.74) is 0.0739. The molecule has 1 saturated heterocycles. The summed E-state index contributed by atoms with van der Waals surface area (Å²) in [6, 6.07) is 4.64. The van der Waals surface area contributed by atoms with E-state index < -0.39 is 0 Å². The zero-order valence-corrected chi connectivity index (χ0v) is 12.7. The Kier molecular flexibility index (Phi) is 5.52. The Bertz CT molecular complexity index is 521. The molecule has 1 aliphatic rings. The average Bonchev–Trinajstić information content (AvgIpc) is 2.95. The average molecular weight is 293 g/mol. The first-order valence-corrected chi connectivity index (χ1v) is 7.31. The Hall–Kier alpha value is -1.66. The van der Waals surface area contributed by atoms with Gasteiger partial charge < -0.3 is 19.5 Å². The van der Waals surface area contributed by atoms with E-state index >= 15 is 0 Å². The van der Waals surface area contributed by atoms with Crippen LogP contribution in [0.25, 0.3) is 0 Å². The van der Waals surface area contributed by atoms with Crippen LogP contribution < -0.4 is 5.56 Å². The third-order valence-electron chi connectivity index (χ3n) is 3.55. The molecule has 6 heteroatoms. The molecule has 2 rings (SSSR count). The van der Waals surface area contributed by atoms with Crippen molar-refractivity contribution in [3.8, 4) is 0 Å². The highest BCUT2D eigenvalue weighted by Crippen LogP contribution is 2.14. The van der Waals surface area contributed by atoms with Crippen LogP contribution in [0.1, 0.15) is 23.3 Å². The standard InChI is InChI=1S/C15H23N3O3/c1-17(2)8-9-18(11-12-5-4-10-21-12)15(20)13-6-3-7-14(19)16-13/h3,6-7,12H,4-5,8-11H2,1-2H3,(H,16,19). The van der Waals surface area contributed by atoms with Gasteiger partial charge in [-0.1, -0.05) is 6.07 Å². The van der Waals surface area contributed by atoms with E-state index in [-0.39, 0.29) is 17.6 Å². The molecule has 0 radical (unpaired) electrons. The highest BCUT2D eigenvalue weighted by atomic mass is 16.5. The van der Waals surface area contributed by atoms with Gasteiger partial charge in [-0.3, -0.25) is 9.59 Å². The minimum atomic E-state index is -0.259. The van der Waals surface area contributed by atoms with Crippen LogP contribution in [0.3, 0.4) is 0 Å². The molecular weight excluding hydrogens is 270 g/mol. The molecule has 1 aromatic heterocycles. The van der Waals surface area contributed by atoms with Gasteiger partial charge >= 0.3 is 0 Å². The van der Waals surface area contributed by atoms with E-state index in [4.69, 9.17) is 4.74 Å². The molecule has 6 nitrogen and oxygen atoms in total. The fraction of sp³-hybridized carbons (Fsp3) is 0.600. The summed E-state index contributed by atoms with van der Waals surface area (Å²) >= 11 is 0. The number of likely N-dealkylation sites (N-methyl/N-ethyl adjacent to an activating group) is 1. The number of carbonyl (C=O) groups is 1. The molecule has 1 unspecified atom stereocenters. The van der Waals surface area contributed by atoms with Gasteiger partial charge in [0, 0.05) is 32.3 Å². The third kappa shape index (κ3) is 4.68. The summed E-state index contributed by atoms with van der Waals surface area (Å²) in [5, 5.41) is 0. The van der Waals surface area contributed by atoms with Crippen molar-refractivity contribution in [3.05, 3.63) is 34.2 Å². The normalized spacial score (nSPS) is 18.1. The van der Waals surface area contributed by atoms with Crippen LogP contribution >= 0.6 is 0 Å². The lowest BCUT2D eigenvalue weighted by atomic mass is 10.2. The van der Waals surface area contributed by atoms with Gasteiger partial charge in [0.05, 0.1) is 6.10 Å².